The van der Waals surface area contributed by atoms with Gasteiger partial charge in [0, 0.05) is 5.25 Å². The molecule has 1 rings (SSSR count). The zero-order valence-corrected chi connectivity index (χ0v) is 7.48. The van der Waals surface area contributed by atoms with Crippen molar-refractivity contribution in [1.82, 2.24) is 0 Å². The standard InChI is InChI=1S/C7H14N2S/c1-4-5(2)9-7(8)10-6(4)3/h4-6H,1-3H3,(H2,8,9)/t4-,5?,6?/m1/s1. The van der Waals surface area contributed by atoms with Gasteiger partial charge in [0.1, 0.15) is 0 Å². The SMILES string of the molecule is CC1N=C(N)SC(C)[C@@H]1C. The van der Waals surface area contributed by atoms with Gasteiger partial charge in [-0.3, -0.25) is 4.99 Å². The minimum absolute atomic E-state index is 0.399. The van der Waals surface area contributed by atoms with Crippen LogP contribution in [0.3, 0.4) is 0 Å². The van der Waals surface area contributed by atoms with Crippen LogP contribution >= 0.6 is 11.8 Å². The molecule has 10 heavy (non-hydrogen) atoms. The van der Waals surface area contributed by atoms with E-state index in [-0.39, 0.29) is 0 Å². The Bertz CT molecular complexity index is 156. The molecule has 1 aliphatic rings. The summed E-state index contributed by atoms with van der Waals surface area (Å²) in [4.78, 5) is 4.27. The molecule has 0 aromatic carbocycles. The summed E-state index contributed by atoms with van der Waals surface area (Å²) in [7, 11) is 0. The monoisotopic (exact) mass is 158 g/mol. The van der Waals surface area contributed by atoms with Crippen LogP contribution < -0.4 is 5.73 Å². The van der Waals surface area contributed by atoms with Crippen LogP contribution in [0, 0.1) is 5.92 Å². The lowest BCUT2D eigenvalue weighted by Gasteiger charge is -2.27. The highest BCUT2D eigenvalue weighted by Crippen LogP contribution is 2.28. The fourth-order valence-electron chi connectivity index (χ4n) is 1.04. The summed E-state index contributed by atoms with van der Waals surface area (Å²) in [5.74, 6) is 0.650. The second-order valence-electron chi connectivity index (χ2n) is 2.89. The Labute approximate surface area is 66.3 Å². The van der Waals surface area contributed by atoms with Gasteiger partial charge < -0.3 is 5.73 Å². The maximum Gasteiger partial charge on any atom is 0.154 e. The number of nitrogens with zero attached hydrogens (tertiary/aromatic N) is 1. The lowest BCUT2D eigenvalue weighted by molar-refractivity contribution is 0.479. The van der Waals surface area contributed by atoms with Crippen LogP contribution in [-0.2, 0) is 0 Å². The fraction of sp³-hybridized carbons (Fsp3) is 0.857. The molecule has 3 heteroatoms. The summed E-state index contributed by atoms with van der Waals surface area (Å²) in [6.45, 7) is 6.54. The molecule has 0 amide bonds. The average molecular weight is 158 g/mol. The van der Waals surface area contributed by atoms with Crippen LogP contribution in [0.15, 0.2) is 4.99 Å². The quantitative estimate of drug-likeness (QED) is 0.579. The highest BCUT2D eigenvalue weighted by atomic mass is 32.2. The zero-order valence-electron chi connectivity index (χ0n) is 6.66. The van der Waals surface area contributed by atoms with Crippen LogP contribution in [-0.4, -0.2) is 16.5 Å². The number of rotatable bonds is 0. The third-order valence-corrected chi connectivity index (χ3v) is 3.29. The molecule has 1 aliphatic heterocycles. The highest BCUT2D eigenvalue weighted by molar-refractivity contribution is 8.14. The molecule has 0 saturated heterocycles. The van der Waals surface area contributed by atoms with Crippen molar-refractivity contribution in [2.45, 2.75) is 32.1 Å². The van der Waals surface area contributed by atoms with Crippen molar-refractivity contribution in [3.05, 3.63) is 0 Å². The molecule has 0 aliphatic carbocycles. The Morgan fingerprint density at radius 1 is 1.40 bits per heavy atom. The predicted octanol–water partition coefficient (Wildman–Crippen LogP) is 1.46. The molecule has 0 bridgehead atoms. The molecule has 2 nitrogen and oxygen atoms in total. The lowest BCUT2D eigenvalue weighted by Crippen LogP contribution is -2.31. The van der Waals surface area contributed by atoms with Crippen LogP contribution in [0.5, 0.6) is 0 Å². The molecule has 1 heterocycles. The van der Waals surface area contributed by atoms with E-state index in [1.165, 1.54) is 0 Å². The molecular weight excluding hydrogens is 144 g/mol. The zero-order chi connectivity index (χ0) is 7.72. The molecule has 0 aromatic rings. The summed E-state index contributed by atoms with van der Waals surface area (Å²) in [6.07, 6.45) is 0. The van der Waals surface area contributed by atoms with E-state index in [0.717, 1.165) is 5.17 Å². The van der Waals surface area contributed by atoms with Crippen LogP contribution in [0.1, 0.15) is 20.8 Å². The molecule has 0 radical (unpaired) electrons. The number of nitrogens with two attached hydrogens (primary N) is 1. The second kappa shape index (κ2) is 2.82. The van der Waals surface area contributed by atoms with Crippen LogP contribution in [0.25, 0.3) is 0 Å². The lowest BCUT2D eigenvalue weighted by atomic mass is 10.0. The fourth-order valence-corrected chi connectivity index (χ4v) is 2.09. The minimum Gasteiger partial charge on any atom is -0.379 e. The summed E-state index contributed by atoms with van der Waals surface area (Å²) in [6, 6.07) is 0.399. The van der Waals surface area contributed by atoms with Gasteiger partial charge in [-0.25, -0.2) is 0 Å². The Morgan fingerprint density at radius 3 is 2.50 bits per heavy atom. The van der Waals surface area contributed by atoms with Gasteiger partial charge in [-0.2, -0.15) is 0 Å². The summed E-state index contributed by atoms with van der Waals surface area (Å²) < 4.78 is 0. The van der Waals surface area contributed by atoms with Crippen molar-refractivity contribution in [1.29, 1.82) is 0 Å². The molecule has 0 aromatic heterocycles. The molecule has 58 valence electrons. The molecule has 2 unspecified atom stereocenters. The first-order chi connectivity index (χ1) is 4.61. The topological polar surface area (TPSA) is 38.4 Å². The van der Waals surface area contributed by atoms with Crippen molar-refractivity contribution in [3.8, 4) is 0 Å². The van der Waals surface area contributed by atoms with Gasteiger partial charge >= 0.3 is 0 Å². The van der Waals surface area contributed by atoms with Gasteiger partial charge in [0.05, 0.1) is 6.04 Å². The normalized spacial score (nSPS) is 41.1. The van der Waals surface area contributed by atoms with Crippen molar-refractivity contribution in [3.63, 3.8) is 0 Å². The Hall–Kier alpha value is -0.180. The molecule has 0 spiro atoms. The van der Waals surface area contributed by atoms with Crippen molar-refractivity contribution >= 4 is 16.9 Å². The van der Waals surface area contributed by atoms with Crippen molar-refractivity contribution in [2.75, 3.05) is 0 Å². The maximum atomic E-state index is 5.59. The summed E-state index contributed by atoms with van der Waals surface area (Å²) in [5.41, 5.74) is 5.59. The molecule has 3 atom stereocenters. The van der Waals surface area contributed by atoms with Gasteiger partial charge in [0.15, 0.2) is 5.17 Å². The average Bonchev–Trinajstić information content (AvgIpc) is 1.82. The van der Waals surface area contributed by atoms with Crippen LogP contribution in [0.2, 0.25) is 0 Å². The molecule has 2 N–H and O–H groups in total. The predicted molar refractivity (Wildman–Crippen MR) is 47.3 cm³/mol. The number of aliphatic imine (C=N–C) groups is 1. The molecular formula is C7H14N2S. The number of hydrogen-bond acceptors (Lipinski definition) is 3. The Morgan fingerprint density at radius 2 is 2.00 bits per heavy atom. The first kappa shape index (κ1) is 7.92. The van der Waals surface area contributed by atoms with Crippen molar-refractivity contribution < 1.29 is 0 Å². The van der Waals surface area contributed by atoms with Gasteiger partial charge in [0.2, 0.25) is 0 Å². The largest absolute Gasteiger partial charge is 0.379 e. The first-order valence-corrected chi connectivity index (χ1v) is 4.49. The number of amidine groups is 1. The second-order valence-corrected chi connectivity index (χ2v) is 4.29. The highest BCUT2D eigenvalue weighted by Gasteiger charge is 2.24. The number of hydrogen-bond donors (Lipinski definition) is 1. The van der Waals surface area contributed by atoms with Crippen LogP contribution in [0.4, 0.5) is 0 Å². The van der Waals surface area contributed by atoms with E-state index in [2.05, 4.69) is 25.8 Å². The Kier molecular flexibility index (Phi) is 2.24. The first-order valence-electron chi connectivity index (χ1n) is 3.61. The van der Waals surface area contributed by atoms with Gasteiger partial charge in [-0.1, -0.05) is 25.6 Å². The smallest absolute Gasteiger partial charge is 0.154 e. The molecule has 0 fully saturated rings. The van der Waals surface area contributed by atoms with E-state index >= 15 is 0 Å². The van der Waals surface area contributed by atoms with E-state index in [4.69, 9.17) is 5.73 Å². The van der Waals surface area contributed by atoms with Gasteiger partial charge in [-0.05, 0) is 12.8 Å². The van der Waals surface area contributed by atoms with E-state index in [0.29, 0.717) is 17.2 Å². The van der Waals surface area contributed by atoms with E-state index in [1.807, 2.05) is 0 Å². The minimum atomic E-state index is 0.399. The maximum absolute atomic E-state index is 5.59. The summed E-state index contributed by atoms with van der Waals surface area (Å²) >= 11 is 1.68. The third kappa shape index (κ3) is 1.45. The van der Waals surface area contributed by atoms with E-state index in [9.17, 15) is 0 Å². The summed E-state index contributed by atoms with van der Waals surface area (Å²) in [5, 5.41) is 1.37. The Balaban J connectivity index is 2.69. The van der Waals surface area contributed by atoms with Gasteiger partial charge in [-0.15, -0.1) is 0 Å². The molecule has 0 saturated carbocycles. The van der Waals surface area contributed by atoms with E-state index in [1.54, 1.807) is 11.8 Å². The van der Waals surface area contributed by atoms with E-state index < -0.39 is 0 Å². The van der Waals surface area contributed by atoms with Gasteiger partial charge in [0.25, 0.3) is 0 Å². The van der Waals surface area contributed by atoms with Crippen molar-refractivity contribution in [2.24, 2.45) is 16.6 Å². The third-order valence-electron chi connectivity index (χ3n) is 2.14. The number of thioether (sulfide) groups is 1.